The fourth-order valence-electron chi connectivity index (χ4n) is 2.12. The topological polar surface area (TPSA) is 101 Å². The lowest BCUT2D eigenvalue weighted by molar-refractivity contribution is 0.280. The van der Waals surface area contributed by atoms with Crippen LogP contribution < -0.4 is 15.2 Å². The third-order valence-electron chi connectivity index (χ3n) is 3.21. The molecule has 22 heavy (non-hydrogen) atoms. The maximum atomic E-state index is 5.84. The Bertz CT molecular complexity index is 759. The second kappa shape index (κ2) is 6.25. The molecule has 0 saturated carbocycles. The highest BCUT2D eigenvalue weighted by Crippen LogP contribution is 2.33. The maximum Gasteiger partial charge on any atom is 0.163 e. The molecule has 8 nitrogen and oxygen atoms in total. The fraction of sp³-hybridized carbons (Fsp3) is 0.286. The molecule has 0 bridgehead atoms. The highest BCUT2D eigenvalue weighted by Gasteiger charge is 2.10. The molecule has 2 aromatic heterocycles. The lowest BCUT2D eigenvalue weighted by Crippen LogP contribution is -2.06. The average molecular weight is 300 g/mol. The van der Waals surface area contributed by atoms with Gasteiger partial charge >= 0.3 is 0 Å². The molecule has 3 rings (SSSR count). The molecule has 0 fully saturated rings. The van der Waals surface area contributed by atoms with E-state index in [0.29, 0.717) is 23.9 Å². The zero-order valence-electron chi connectivity index (χ0n) is 12.1. The van der Waals surface area contributed by atoms with E-state index < -0.39 is 0 Å². The second-order valence-electron chi connectivity index (χ2n) is 4.65. The van der Waals surface area contributed by atoms with E-state index in [1.165, 1.54) is 6.33 Å². The minimum absolute atomic E-state index is 0.418. The van der Waals surface area contributed by atoms with Crippen LogP contribution in [0.2, 0.25) is 0 Å². The van der Waals surface area contributed by atoms with Crippen molar-refractivity contribution in [3.05, 3.63) is 30.9 Å². The van der Waals surface area contributed by atoms with E-state index in [0.717, 1.165) is 23.9 Å². The number of benzene rings is 1. The number of aryl methyl sites for hydroxylation is 1. The van der Waals surface area contributed by atoms with Gasteiger partial charge in [-0.3, -0.25) is 4.68 Å². The summed E-state index contributed by atoms with van der Waals surface area (Å²) in [4.78, 5) is 8.17. The predicted molar refractivity (Wildman–Crippen MR) is 80.6 cm³/mol. The van der Waals surface area contributed by atoms with Crippen molar-refractivity contribution in [1.82, 2.24) is 25.0 Å². The number of hydrogen-bond acceptors (Lipinski definition) is 7. The molecule has 0 unspecified atom stereocenters. The summed E-state index contributed by atoms with van der Waals surface area (Å²) in [6, 6.07) is 3.60. The van der Waals surface area contributed by atoms with Gasteiger partial charge in [-0.2, -0.15) is 0 Å². The number of fused-ring (bicyclic) bond motifs is 1. The Kier molecular flexibility index (Phi) is 3.99. The number of aromatic nitrogens is 5. The van der Waals surface area contributed by atoms with Crippen LogP contribution in [0.5, 0.6) is 11.5 Å². The van der Waals surface area contributed by atoms with Crippen molar-refractivity contribution in [1.29, 1.82) is 0 Å². The van der Waals surface area contributed by atoms with Gasteiger partial charge in [-0.1, -0.05) is 5.21 Å². The third-order valence-corrected chi connectivity index (χ3v) is 3.21. The zero-order valence-corrected chi connectivity index (χ0v) is 12.1. The molecule has 8 heteroatoms. The molecule has 0 saturated heterocycles. The van der Waals surface area contributed by atoms with Crippen LogP contribution in [0, 0.1) is 0 Å². The first kappa shape index (κ1) is 14.1. The standard InChI is InChI=1S/C14H16N6O2/c1-21-12-7-10-11(16-9-17-14(10)15)8-13(12)22-6-2-4-20-5-3-18-19-20/h3,5,7-9H,2,4,6H2,1H3,(H2,15,16,17). The Hall–Kier alpha value is -2.90. The smallest absolute Gasteiger partial charge is 0.163 e. The molecule has 2 heterocycles. The highest BCUT2D eigenvalue weighted by atomic mass is 16.5. The van der Waals surface area contributed by atoms with Crippen LogP contribution in [0.1, 0.15) is 6.42 Å². The SMILES string of the molecule is COc1cc2c(N)ncnc2cc1OCCCn1ccnn1. The first-order chi connectivity index (χ1) is 10.8. The molecule has 0 atom stereocenters. The van der Waals surface area contributed by atoms with Crippen molar-refractivity contribution in [2.75, 3.05) is 19.5 Å². The summed E-state index contributed by atoms with van der Waals surface area (Å²) >= 11 is 0. The molecular weight excluding hydrogens is 284 g/mol. The van der Waals surface area contributed by atoms with Crippen molar-refractivity contribution in [2.45, 2.75) is 13.0 Å². The van der Waals surface area contributed by atoms with E-state index in [2.05, 4.69) is 20.3 Å². The molecule has 1 aromatic carbocycles. The zero-order chi connectivity index (χ0) is 15.4. The first-order valence-electron chi connectivity index (χ1n) is 6.83. The van der Waals surface area contributed by atoms with E-state index in [-0.39, 0.29) is 0 Å². The van der Waals surface area contributed by atoms with Gasteiger partial charge in [-0.25, -0.2) is 9.97 Å². The lowest BCUT2D eigenvalue weighted by Gasteiger charge is -2.12. The van der Waals surface area contributed by atoms with Gasteiger partial charge in [-0.15, -0.1) is 5.10 Å². The molecule has 0 amide bonds. The summed E-state index contributed by atoms with van der Waals surface area (Å²) in [5.41, 5.74) is 6.56. The fourth-order valence-corrected chi connectivity index (χ4v) is 2.12. The molecule has 0 spiro atoms. The number of nitrogen functional groups attached to an aromatic ring is 1. The summed E-state index contributed by atoms with van der Waals surface area (Å²) in [5.74, 6) is 1.66. The quantitative estimate of drug-likeness (QED) is 0.684. The molecule has 2 N–H and O–H groups in total. The van der Waals surface area contributed by atoms with E-state index in [4.69, 9.17) is 15.2 Å². The van der Waals surface area contributed by atoms with E-state index in [9.17, 15) is 0 Å². The normalized spacial score (nSPS) is 10.8. The summed E-state index contributed by atoms with van der Waals surface area (Å²) in [6.45, 7) is 1.27. The number of ether oxygens (including phenoxy) is 2. The molecule has 0 aliphatic heterocycles. The van der Waals surface area contributed by atoms with Crippen LogP contribution in [-0.2, 0) is 6.54 Å². The van der Waals surface area contributed by atoms with Crippen LogP contribution in [0.15, 0.2) is 30.9 Å². The Morgan fingerprint density at radius 1 is 1.23 bits per heavy atom. The van der Waals surface area contributed by atoms with Gasteiger partial charge in [0.15, 0.2) is 11.5 Å². The molecule has 0 aliphatic carbocycles. The van der Waals surface area contributed by atoms with Crippen molar-refractivity contribution < 1.29 is 9.47 Å². The highest BCUT2D eigenvalue weighted by molar-refractivity contribution is 5.90. The number of rotatable bonds is 6. The first-order valence-corrected chi connectivity index (χ1v) is 6.83. The van der Waals surface area contributed by atoms with Gasteiger partial charge in [0.25, 0.3) is 0 Å². The van der Waals surface area contributed by atoms with Gasteiger partial charge < -0.3 is 15.2 Å². The predicted octanol–water partition coefficient (Wildman–Crippen LogP) is 1.28. The van der Waals surface area contributed by atoms with Gasteiger partial charge in [0.2, 0.25) is 0 Å². The van der Waals surface area contributed by atoms with E-state index in [1.54, 1.807) is 24.1 Å². The van der Waals surface area contributed by atoms with Gasteiger partial charge in [-0.05, 0) is 6.07 Å². The minimum atomic E-state index is 0.418. The monoisotopic (exact) mass is 300 g/mol. The van der Waals surface area contributed by atoms with Crippen LogP contribution in [0.4, 0.5) is 5.82 Å². The lowest BCUT2D eigenvalue weighted by atomic mass is 10.2. The number of hydrogen-bond donors (Lipinski definition) is 1. The largest absolute Gasteiger partial charge is 0.493 e. The van der Waals surface area contributed by atoms with Crippen LogP contribution in [-0.4, -0.2) is 38.7 Å². The Morgan fingerprint density at radius 2 is 2.14 bits per heavy atom. The summed E-state index contributed by atoms with van der Waals surface area (Å²) in [5, 5.41) is 8.40. The maximum absolute atomic E-state index is 5.84. The molecular formula is C14H16N6O2. The third kappa shape index (κ3) is 2.90. The van der Waals surface area contributed by atoms with Crippen molar-refractivity contribution in [3.8, 4) is 11.5 Å². The Labute approximate surface area is 126 Å². The molecule has 114 valence electrons. The summed E-state index contributed by atoms with van der Waals surface area (Å²) in [6.07, 6.45) is 5.70. The summed E-state index contributed by atoms with van der Waals surface area (Å²) < 4.78 is 12.9. The molecule has 0 radical (unpaired) electrons. The second-order valence-corrected chi connectivity index (χ2v) is 4.65. The van der Waals surface area contributed by atoms with E-state index >= 15 is 0 Å². The summed E-state index contributed by atoms with van der Waals surface area (Å²) in [7, 11) is 1.59. The number of nitrogens with two attached hydrogens (primary N) is 1. The van der Waals surface area contributed by atoms with Gasteiger partial charge in [0.05, 0.1) is 25.4 Å². The number of anilines is 1. The number of methoxy groups -OCH3 is 1. The minimum Gasteiger partial charge on any atom is -0.493 e. The molecule has 3 aromatic rings. The Balaban J connectivity index is 1.72. The van der Waals surface area contributed by atoms with Crippen molar-refractivity contribution in [3.63, 3.8) is 0 Å². The average Bonchev–Trinajstić information content (AvgIpc) is 3.04. The van der Waals surface area contributed by atoms with Crippen LogP contribution >= 0.6 is 0 Å². The van der Waals surface area contributed by atoms with Crippen LogP contribution in [0.25, 0.3) is 10.9 Å². The van der Waals surface area contributed by atoms with E-state index in [1.807, 2.05) is 12.3 Å². The molecule has 0 aliphatic rings. The number of nitrogens with zero attached hydrogens (tertiary/aromatic N) is 5. The van der Waals surface area contributed by atoms with Gasteiger partial charge in [0.1, 0.15) is 12.1 Å². The van der Waals surface area contributed by atoms with Crippen LogP contribution in [0.3, 0.4) is 0 Å². The van der Waals surface area contributed by atoms with Gasteiger partial charge in [0, 0.05) is 30.6 Å². The van der Waals surface area contributed by atoms with Crippen molar-refractivity contribution >= 4 is 16.7 Å². The van der Waals surface area contributed by atoms with Crippen molar-refractivity contribution in [2.24, 2.45) is 0 Å². The Morgan fingerprint density at radius 3 is 2.91 bits per heavy atom.